The van der Waals surface area contributed by atoms with Gasteiger partial charge in [0.2, 0.25) is 5.95 Å². The lowest BCUT2D eigenvalue weighted by Gasteiger charge is -2.11. The summed E-state index contributed by atoms with van der Waals surface area (Å²) in [6.45, 7) is 9.80. The highest BCUT2D eigenvalue weighted by molar-refractivity contribution is 5.83. The molecular formula is C17H21N5. The lowest BCUT2D eigenvalue weighted by molar-refractivity contribution is 1.09. The maximum absolute atomic E-state index is 5.63. The van der Waals surface area contributed by atoms with Crippen molar-refractivity contribution in [2.75, 3.05) is 5.73 Å². The monoisotopic (exact) mass is 295 g/mol. The summed E-state index contributed by atoms with van der Waals surface area (Å²) in [7, 11) is 0. The minimum absolute atomic E-state index is 0.281. The second kappa shape index (κ2) is 6.47. The highest BCUT2D eigenvalue weighted by Crippen LogP contribution is 2.26. The van der Waals surface area contributed by atoms with Crippen LogP contribution in [0.3, 0.4) is 0 Å². The van der Waals surface area contributed by atoms with Crippen molar-refractivity contribution in [1.82, 2.24) is 15.0 Å². The van der Waals surface area contributed by atoms with Crippen LogP contribution >= 0.6 is 0 Å². The first-order valence-electron chi connectivity index (χ1n) is 7.18. The van der Waals surface area contributed by atoms with E-state index < -0.39 is 0 Å². The molecule has 0 aliphatic heterocycles. The van der Waals surface area contributed by atoms with Crippen molar-refractivity contribution in [2.24, 2.45) is 4.99 Å². The largest absolute Gasteiger partial charge is 0.368 e. The highest BCUT2D eigenvalue weighted by Gasteiger charge is 2.12. The molecule has 0 aliphatic carbocycles. The fraction of sp³-hybridized carbons (Fsp3) is 0.294. The van der Waals surface area contributed by atoms with Gasteiger partial charge in [0.05, 0.1) is 22.8 Å². The van der Waals surface area contributed by atoms with Crippen molar-refractivity contribution in [1.29, 1.82) is 0 Å². The molecule has 0 bridgehead atoms. The smallest absolute Gasteiger partial charge is 0.220 e. The number of aryl methyl sites for hydroxylation is 2. The summed E-state index contributed by atoms with van der Waals surface area (Å²) >= 11 is 0. The van der Waals surface area contributed by atoms with Crippen molar-refractivity contribution < 1.29 is 0 Å². The predicted octanol–water partition coefficient (Wildman–Crippen LogP) is 3.63. The highest BCUT2D eigenvalue weighted by atomic mass is 15.0. The summed E-state index contributed by atoms with van der Waals surface area (Å²) in [5.41, 5.74) is 12.1. The van der Waals surface area contributed by atoms with Crippen LogP contribution in [0.2, 0.25) is 0 Å². The van der Waals surface area contributed by atoms with E-state index in [9.17, 15) is 0 Å². The molecule has 0 radical (unpaired) electrons. The van der Waals surface area contributed by atoms with Gasteiger partial charge in [0.1, 0.15) is 0 Å². The molecule has 5 nitrogen and oxygen atoms in total. The van der Waals surface area contributed by atoms with Gasteiger partial charge in [-0.1, -0.05) is 6.08 Å². The summed E-state index contributed by atoms with van der Waals surface area (Å²) in [5.74, 6) is 0.281. The Bertz CT molecular complexity index is 756. The number of pyridine rings is 1. The van der Waals surface area contributed by atoms with Crippen LogP contribution in [0.5, 0.6) is 0 Å². The molecule has 2 rings (SSSR count). The molecule has 0 aromatic carbocycles. The Hall–Kier alpha value is -2.56. The number of allylic oxidation sites excluding steroid dienone is 1. The lowest BCUT2D eigenvalue weighted by Crippen LogP contribution is -2.02. The fourth-order valence-electron chi connectivity index (χ4n) is 2.25. The standard InChI is InChI=1S/C17H21N5/c1-6-13(14-9-19-17(18)22-11(14)4)16-8-7-15(12(5)21-16)20-10(2)3/h6-9H,1-5H3,(H2,18,19,22)/b13-6+. The van der Waals surface area contributed by atoms with E-state index in [0.29, 0.717) is 0 Å². The zero-order valence-corrected chi connectivity index (χ0v) is 13.7. The Morgan fingerprint density at radius 1 is 1.14 bits per heavy atom. The third-order valence-corrected chi connectivity index (χ3v) is 3.25. The molecule has 0 spiro atoms. The number of nitrogen functional groups attached to an aromatic ring is 1. The molecule has 22 heavy (non-hydrogen) atoms. The van der Waals surface area contributed by atoms with E-state index in [4.69, 9.17) is 5.73 Å². The first kappa shape index (κ1) is 15.8. The van der Waals surface area contributed by atoms with Gasteiger partial charge in [-0.2, -0.15) is 0 Å². The Kier molecular flexibility index (Phi) is 4.65. The van der Waals surface area contributed by atoms with E-state index in [1.165, 1.54) is 0 Å². The summed E-state index contributed by atoms with van der Waals surface area (Å²) in [5, 5.41) is 0. The quantitative estimate of drug-likeness (QED) is 0.877. The van der Waals surface area contributed by atoms with Gasteiger partial charge in [-0.05, 0) is 46.8 Å². The molecular weight excluding hydrogens is 274 g/mol. The Morgan fingerprint density at radius 2 is 1.86 bits per heavy atom. The van der Waals surface area contributed by atoms with E-state index in [-0.39, 0.29) is 5.95 Å². The molecule has 5 heteroatoms. The Balaban J connectivity index is 2.49. The van der Waals surface area contributed by atoms with Crippen LogP contribution in [-0.4, -0.2) is 20.7 Å². The molecule has 0 amide bonds. The van der Waals surface area contributed by atoms with Crippen molar-refractivity contribution in [3.05, 3.63) is 47.1 Å². The number of hydrogen-bond donors (Lipinski definition) is 1. The van der Waals surface area contributed by atoms with Crippen molar-refractivity contribution in [3.8, 4) is 0 Å². The molecule has 2 aromatic heterocycles. The van der Waals surface area contributed by atoms with Crippen LogP contribution in [0.25, 0.3) is 5.57 Å². The van der Waals surface area contributed by atoms with Gasteiger partial charge < -0.3 is 5.73 Å². The Morgan fingerprint density at radius 3 is 2.41 bits per heavy atom. The van der Waals surface area contributed by atoms with Gasteiger partial charge in [0.25, 0.3) is 0 Å². The summed E-state index contributed by atoms with van der Waals surface area (Å²) in [6, 6.07) is 3.96. The summed E-state index contributed by atoms with van der Waals surface area (Å²) in [6.07, 6.45) is 3.75. The van der Waals surface area contributed by atoms with Gasteiger partial charge in [-0.15, -0.1) is 0 Å². The predicted molar refractivity (Wildman–Crippen MR) is 91.4 cm³/mol. The van der Waals surface area contributed by atoms with Crippen LogP contribution in [-0.2, 0) is 0 Å². The summed E-state index contributed by atoms with van der Waals surface area (Å²) in [4.78, 5) is 17.5. The summed E-state index contributed by atoms with van der Waals surface area (Å²) < 4.78 is 0. The van der Waals surface area contributed by atoms with E-state index >= 15 is 0 Å². The SMILES string of the molecule is C/C=C(/c1ccc(N=C(C)C)c(C)n1)c1cnc(N)nc1C. The van der Waals surface area contributed by atoms with Crippen molar-refractivity contribution >= 4 is 22.9 Å². The molecule has 2 heterocycles. The number of hydrogen-bond acceptors (Lipinski definition) is 5. The maximum Gasteiger partial charge on any atom is 0.220 e. The number of nitrogens with zero attached hydrogens (tertiary/aromatic N) is 4. The van der Waals surface area contributed by atoms with Gasteiger partial charge in [0, 0.05) is 23.0 Å². The van der Waals surface area contributed by atoms with E-state index in [1.54, 1.807) is 6.20 Å². The van der Waals surface area contributed by atoms with E-state index in [2.05, 4.69) is 19.9 Å². The topological polar surface area (TPSA) is 77.0 Å². The molecule has 2 N–H and O–H groups in total. The van der Waals surface area contributed by atoms with Crippen LogP contribution < -0.4 is 5.73 Å². The molecule has 114 valence electrons. The number of aromatic nitrogens is 3. The number of nitrogens with two attached hydrogens (primary N) is 1. The third-order valence-electron chi connectivity index (χ3n) is 3.25. The van der Waals surface area contributed by atoms with Crippen LogP contribution in [0.4, 0.5) is 11.6 Å². The molecule has 0 unspecified atom stereocenters. The number of rotatable bonds is 3. The minimum Gasteiger partial charge on any atom is -0.368 e. The average Bonchev–Trinajstić information content (AvgIpc) is 2.44. The molecule has 2 aromatic rings. The molecule has 0 fully saturated rings. The normalized spacial score (nSPS) is 11.4. The van der Waals surface area contributed by atoms with Gasteiger partial charge >= 0.3 is 0 Å². The molecule has 0 aliphatic rings. The zero-order valence-electron chi connectivity index (χ0n) is 13.7. The van der Waals surface area contributed by atoms with E-state index in [0.717, 1.165) is 39.6 Å². The van der Waals surface area contributed by atoms with E-state index in [1.807, 2.05) is 52.8 Å². The van der Waals surface area contributed by atoms with Crippen LogP contribution in [0.15, 0.2) is 29.4 Å². The molecule has 0 atom stereocenters. The molecule has 0 saturated heterocycles. The van der Waals surface area contributed by atoms with Crippen molar-refractivity contribution in [3.63, 3.8) is 0 Å². The van der Waals surface area contributed by atoms with Gasteiger partial charge in [0.15, 0.2) is 0 Å². The number of anilines is 1. The second-order valence-corrected chi connectivity index (χ2v) is 5.29. The van der Waals surface area contributed by atoms with Crippen molar-refractivity contribution in [2.45, 2.75) is 34.6 Å². The number of aliphatic imine (C=N–C) groups is 1. The first-order valence-corrected chi connectivity index (χ1v) is 7.18. The average molecular weight is 295 g/mol. The molecule has 0 saturated carbocycles. The second-order valence-electron chi connectivity index (χ2n) is 5.29. The maximum atomic E-state index is 5.63. The first-order chi connectivity index (χ1) is 10.4. The minimum atomic E-state index is 0.281. The fourth-order valence-corrected chi connectivity index (χ4v) is 2.25. The van der Waals surface area contributed by atoms with Crippen LogP contribution in [0, 0.1) is 13.8 Å². The zero-order chi connectivity index (χ0) is 16.3. The third kappa shape index (κ3) is 3.36. The van der Waals surface area contributed by atoms with Gasteiger partial charge in [-0.3, -0.25) is 9.98 Å². The van der Waals surface area contributed by atoms with Gasteiger partial charge in [-0.25, -0.2) is 9.97 Å². The van der Waals surface area contributed by atoms with Crippen LogP contribution in [0.1, 0.15) is 43.4 Å². The lowest BCUT2D eigenvalue weighted by atomic mass is 10.0. The Labute approximate surface area is 131 Å².